The summed E-state index contributed by atoms with van der Waals surface area (Å²) in [7, 11) is -11.9. The number of hydrogen-bond acceptors (Lipinski definition) is 10. The van der Waals surface area contributed by atoms with Gasteiger partial charge in [-0.25, -0.2) is 9.36 Å². The third-order valence-electron chi connectivity index (χ3n) is 3.09. The molecule has 1 aromatic heterocycles. The Balaban J connectivity index is 2.00. The minimum absolute atomic E-state index is 0.169. The smallest absolute Gasteiger partial charge is 0.390 e. The number of phosphoric acid groups is 1. The molecule has 4 N–H and O–H groups in total. The van der Waals surface area contributed by atoms with Gasteiger partial charge in [-0.15, -0.1) is 9.42 Å². The summed E-state index contributed by atoms with van der Waals surface area (Å²) in [6.07, 6.45) is -1.42. The zero-order chi connectivity index (χ0) is 20.4. The fourth-order valence-electron chi connectivity index (χ4n) is 2.07. The molecule has 0 saturated carbocycles. The lowest BCUT2D eigenvalue weighted by molar-refractivity contribution is -0.0566. The number of aliphatic hydroxyl groups is 1. The molecule has 6 atom stereocenters. The van der Waals surface area contributed by atoms with Gasteiger partial charge in [0.15, 0.2) is 0 Å². The van der Waals surface area contributed by atoms with Gasteiger partial charge in [-0.1, -0.05) is 0 Å². The lowest BCUT2D eigenvalue weighted by Crippen LogP contribution is -2.40. The van der Waals surface area contributed by atoms with Crippen LogP contribution < -0.4 is 11.2 Å². The summed E-state index contributed by atoms with van der Waals surface area (Å²) in [5, 5.41) is 10.0. The molecular formula is C9H12BrN2O12P3+2. The van der Waals surface area contributed by atoms with Gasteiger partial charge in [0.25, 0.3) is 5.56 Å². The number of rotatable bonds is 8. The Bertz CT molecular complexity index is 903. The van der Waals surface area contributed by atoms with Crippen LogP contribution in [-0.2, 0) is 36.2 Å². The molecule has 1 saturated heterocycles. The Morgan fingerprint density at radius 2 is 2.11 bits per heavy atom. The van der Waals surface area contributed by atoms with Gasteiger partial charge in [0, 0.05) is 36.4 Å². The normalized spacial score (nSPS) is 28.6. The second-order valence-corrected chi connectivity index (χ2v) is 9.65. The van der Waals surface area contributed by atoms with Crippen LogP contribution in [0.15, 0.2) is 21.9 Å². The van der Waals surface area contributed by atoms with Crippen molar-refractivity contribution in [3.05, 3.63) is 33.1 Å². The summed E-state index contributed by atoms with van der Waals surface area (Å²) in [4.78, 5) is 42.4. The lowest BCUT2D eigenvalue weighted by atomic mass is 10.2. The van der Waals surface area contributed by atoms with Crippen LogP contribution in [0.2, 0.25) is 0 Å². The predicted molar refractivity (Wildman–Crippen MR) is 89.1 cm³/mol. The number of nitrogens with one attached hydrogen (secondary N) is 1. The molecule has 18 heteroatoms. The first-order valence-corrected chi connectivity index (χ1v) is 11.3. The Labute approximate surface area is 159 Å². The molecular weight excluding hydrogens is 501 g/mol. The first kappa shape index (κ1) is 22.6. The summed E-state index contributed by atoms with van der Waals surface area (Å²) in [5.41, 5.74) is -1.46. The number of alkyl halides is 1. The fraction of sp³-hybridized carbons (Fsp3) is 0.556. The molecule has 0 radical (unpaired) electrons. The fourth-order valence-corrected chi connectivity index (χ4v) is 5.15. The van der Waals surface area contributed by atoms with Crippen molar-refractivity contribution in [3.8, 4) is 0 Å². The number of H-pyrrole nitrogens is 1. The van der Waals surface area contributed by atoms with Crippen LogP contribution in [0, 0.1) is 0 Å². The number of hydrogen-bond donors (Lipinski definition) is 4. The summed E-state index contributed by atoms with van der Waals surface area (Å²) in [5.74, 6) is 0. The Hall–Kier alpha value is -0.690. The number of aromatic nitrogens is 2. The summed E-state index contributed by atoms with van der Waals surface area (Å²) in [6.45, 7) is -0.604. The molecule has 27 heavy (non-hydrogen) atoms. The summed E-state index contributed by atoms with van der Waals surface area (Å²) in [6, 6.07) is 1.06. The number of ether oxygens (including phenoxy) is 1. The first-order valence-electron chi connectivity index (χ1n) is 6.78. The van der Waals surface area contributed by atoms with Crippen LogP contribution in [0.5, 0.6) is 0 Å². The molecule has 1 fully saturated rings. The van der Waals surface area contributed by atoms with Crippen molar-refractivity contribution in [1.82, 2.24) is 9.55 Å². The van der Waals surface area contributed by atoms with E-state index < -0.39 is 59.0 Å². The number of aromatic amines is 1. The Morgan fingerprint density at radius 1 is 1.44 bits per heavy atom. The molecule has 0 aromatic carbocycles. The van der Waals surface area contributed by atoms with Crippen molar-refractivity contribution in [2.45, 2.75) is 23.3 Å². The topological polar surface area (TPSA) is 204 Å². The number of nitrogens with zero attached hydrogens (tertiary/aromatic N) is 1. The quantitative estimate of drug-likeness (QED) is 0.271. The van der Waals surface area contributed by atoms with Crippen LogP contribution >= 0.6 is 40.3 Å². The molecule has 14 nitrogen and oxygen atoms in total. The predicted octanol–water partition coefficient (Wildman–Crippen LogP) is 0.149. The van der Waals surface area contributed by atoms with Gasteiger partial charge in [0.2, 0.25) is 4.63 Å². The largest absolute Gasteiger partial charge is 0.708 e. The second kappa shape index (κ2) is 8.76. The van der Waals surface area contributed by atoms with E-state index in [2.05, 4.69) is 29.1 Å². The van der Waals surface area contributed by atoms with Crippen LogP contribution in [0.25, 0.3) is 0 Å². The maximum Gasteiger partial charge on any atom is 0.708 e. The third-order valence-corrected chi connectivity index (χ3v) is 7.09. The van der Waals surface area contributed by atoms with Gasteiger partial charge >= 0.3 is 30.0 Å². The third kappa shape index (κ3) is 6.14. The van der Waals surface area contributed by atoms with E-state index in [1.165, 1.54) is 0 Å². The minimum atomic E-state index is -5.10. The SMILES string of the molecule is O=c1ccn([C@@]2(Br)C[C@H](O)[C@@H](CO[P+](=O)OP(=O)(O)O[P+](=O)O)O2)c(=O)[nH]1. The van der Waals surface area contributed by atoms with E-state index in [0.717, 1.165) is 16.8 Å². The van der Waals surface area contributed by atoms with E-state index in [0.29, 0.717) is 0 Å². The first-order chi connectivity index (χ1) is 12.4. The molecule has 1 aromatic rings. The molecule has 0 spiro atoms. The average Bonchev–Trinajstić information content (AvgIpc) is 2.78. The molecule has 1 aliphatic heterocycles. The Morgan fingerprint density at radius 3 is 2.70 bits per heavy atom. The molecule has 2 heterocycles. The highest BCUT2D eigenvalue weighted by molar-refractivity contribution is 9.09. The number of halogens is 1. The average molecular weight is 513 g/mol. The molecule has 3 unspecified atom stereocenters. The van der Waals surface area contributed by atoms with Crippen molar-refractivity contribution >= 4 is 40.3 Å². The van der Waals surface area contributed by atoms with Gasteiger partial charge in [0.05, 0.1) is 6.10 Å². The van der Waals surface area contributed by atoms with Crippen molar-refractivity contribution in [2.75, 3.05) is 6.61 Å². The minimum Gasteiger partial charge on any atom is -0.390 e. The zero-order valence-electron chi connectivity index (χ0n) is 12.9. The molecule has 2 rings (SSSR count). The highest BCUT2D eigenvalue weighted by Crippen LogP contribution is 2.57. The monoisotopic (exact) mass is 512 g/mol. The lowest BCUT2D eigenvalue weighted by Gasteiger charge is -2.23. The van der Waals surface area contributed by atoms with Gasteiger partial charge in [0.1, 0.15) is 12.7 Å². The van der Waals surface area contributed by atoms with Gasteiger partial charge in [-0.3, -0.25) is 19.2 Å². The van der Waals surface area contributed by atoms with E-state index in [1.54, 1.807) is 0 Å². The van der Waals surface area contributed by atoms with Crippen LogP contribution in [0.3, 0.4) is 0 Å². The van der Waals surface area contributed by atoms with Crippen LogP contribution in [0.4, 0.5) is 0 Å². The van der Waals surface area contributed by atoms with E-state index in [1.807, 2.05) is 4.98 Å². The van der Waals surface area contributed by atoms with Gasteiger partial charge in [-0.05, 0) is 15.9 Å². The standard InChI is InChI=1S/C9H10BrN2O12P3/c10-9(12-2-1-7(14)11-8(12)15)3-5(13)6(22-9)4-21-26(18)24-27(19,20)23-25(16)17/h1-2,5-6,13H,3-4H2,(H-2,11,14,15,16,17,19,20)/p+2/t5-,6+,9-/m0/s1. The maximum atomic E-state index is 11.9. The van der Waals surface area contributed by atoms with Crippen molar-refractivity contribution in [1.29, 1.82) is 0 Å². The van der Waals surface area contributed by atoms with E-state index in [9.17, 15) is 28.4 Å². The van der Waals surface area contributed by atoms with E-state index in [4.69, 9.17) is 14.5 Å². The van der Waals surface area contributed by atoms with Crippen molar-refractivity contribution in [2.24, 2.45) is 0 Å². The summed E-state index contributed by atoms with van der Waals surface area (Å²) < 4.78 is 50.2. The van der Waals surface area contributed by atoms with Crippen LogP contribution in [-0.4, -0.2) is 43.3 Å². The molecule has 0 aliphatic carbocycles. The Kier molecular flexibility index (Phi) is 7.34. The van der Waals surface area contributed by atoms with Crippen LogP contribution in [0.1, 0.15) is 6.42 Å². The van der Waals surface area contributed by atoms with Gasteiger partial charge in [-0.2, -0.15) is 0 Å². The zero-order valence-corrected chi connectivity index (χ0v) is 17.2. The van der Waals surface area contributed by atoms with Gasteiger partial charge < -0.3 is 9.84 Å². The molecule has 0 amide bonds. The highest BCUT2D eigenvalue weighted by atomic mass is 79.9. The van der Waals surface area contributed by atoms with Crippen molar-refractivity contribution < 1.29 is 46.5 Å². The molecule has 150 valence electrons. The van der Waals surface area contributed by atoms with E-state index >= 15 is 0 Å². The molecule has 0 bridgehead atoms. The van der Waals surface area contributed by atoms with Crippen molar-refractivity contribution in [3.63, 3.8) is 0 Å². The summed E-state index contributed by atoms with van der Waals surface area (Å²) >= 11 is 3.13. The highest BCUT2D eigenvalue weighted by Gasteiger charge is 2.49. The number of aliphatic hydroxyl groups excluding tert-OH is 1. The van der Waals surface area contributed by atoms with E-state index in [-0.39, 0.29) is 6.42 Å². The molecule has 1 aliphatic rings. The maximum absolute atomic E-state index is 11.9. The second-order valence-electron chi connectivity index (χ2n) is 4.99.